The van der Waals surface area contributed by atoms with Gasteiger partial charge >= 0.3 is 0 Å². The topological polar surface area (TPSA) is 71.7 Å². The van der Waals surface area contributed by atoms with Crippen molar-refractivity contribution in [2.45, 2.75) is 12.8 Å². The molecule has 26 heavy (non-hydrogen) atoms. The summed E-state index contributed by atoms with van der Waals surface area (Å²) in [5.74, 6) is 0.409. The number of hydrogen-bond acceptors (Lipinski definition) is 5. The van der Waals surface area contributed by atoms with Crippen LogP contribution in [0.5, 0.6) is 11.5 Å². The Morgan fingerprint density at radius 3 is 2.69 bits per heavy atom. The van der Waals surface area contributed by atoms with Gasteiger partial charge in [-0.05, 0) is 24.6 Å². The molecule has 0 N–H and O–H groups in total. The number of allylic oxidation sites excluding steroid dienone is 1. The van der Waals surface area contributed by atoms with Crippen molar-refractivity contribution in [1.82, 2.24) is 0 Å². The lowest BCUT2D eigenvalue weighted by molar-refractivity contribution is 0.103. The summed E-state index contributed by atoms with van der Waals surface area (Å²) in [6, 6.07) is 15.4. The second-order valence-electron chi connectivity index (χ2n) is 6.59. The third-order valence-electron chi connectivity index (χ3n) is 5.20. The number of rotatable bonds is 1. The molecule has 1 aliphatic carbocycles. The maximum Gasteiger partial charge on any atom is 0.231 e. The number of Topliss-reactive ketones (excluding diaryl/α,β-unsaturated/α-hetero) is 1. The molecule has 0 saturated carbocycles. The molecule has 2 heterocycles. The number of carbonyl (C=O) groups excluding carboxylic acids is 1. The summed E-state index contributed by atoms with van der Waals surface area (Å²) in [6.07, 6.45) is 0. The molecule has 0 aromatic heterocycles. The molecule has 5 nitrogen and oxygen atoms in total. The molecule has 5 heteroatoms. The van der Waals surface area contributed by atoms with E-state index in [1.165, 1.54) is 0 Å². The first-order chi connectivity index (χ1) is 12.7. The van der Waals surface area contributed by atoms with Crippen molar-refractivity contribution in [3.63, 3.8) is 0 Å². The lowest BCUT2D eigenvalue weighted by Crippen LogP contribution is -2.26. The molecule has 2 aliphatic heterocycles. The third-order valence-corrected chi connectivity index (χ3v) is 5.20. The minimum Gasteiger partial charge on any atom is -0.454 e. The molecule has 0 bridgehead atoms. The van der Waals surface area contributed by atoms with Crippen molar-refractivity contribution >= 4 is 17.2 Å². The van der Waals surface area contributed by atoms with Gasteiger partial charge in [0.05, 0.1) is 17.7 Å². The summed E-state index contributed by atoms with van der Waals surface area (Å²) >= 11 is 0. The zero-order valence-electron chi connectivity index (χ0n) is 14.0. The lowest BCUT2D eigenvalue weighted by atomic mass is 9.76. The fraction of sp³-hybridized carbons (Fsp3) is 0.190. The van der Waals surface area contributed by atoms with Crippen LogP contribution in [0, 0.1) is 17.2 Å². The van der Waals surface area contributed by atoms with Crippen LogP contribution in [0.2, 0.25) is 0 Å². The van der Waals surface area contributed by atoms with Gasteiger partial charge in [-0.15, -0.1) is 0 Å². The van der Waals surface area contributed by atoms with E-state index < -0.39 is 5.92 Å². The molecule has 1 unspecified atom stereocenters. The van der Waals surface area contributed by atoms with E-state index in [0.717, 1.165) is 16.8 Å². The average Bonchev–Trinajstić information content (AvgIpc) is 3.24. The van der Waals surface area contributed by atoms with Crippen LogP contribution in [0.25, 0.3) is 5.70 Å². The van der Waals surface area contributed by atoms with Crippen LogP contribution in [0.15, 0.2) is 53.0 Å². The second-order valence-corrected chi connectivity index (χ2v) is 6.59. The molecule has 2 aromatic rings. The highest BCUT2D eigenvalue weighted by Crippen LogP contribution is 2.48. The number of carbonyl (C=O) groups is 1. The van der Waals surface area contributed by atoms with E-state index in [1.54, 1.807) is 0 Å². The fourth-order valence-electron chi connectivity index (χ4n) is 3.98. The van der Waals surface area contributed by atoms with Crippen molar-refractivity contribution in [2.24, 2.45) is 10.9 Å². The second kappa shape index (κ2) is 5.30. The number of hydrogen-bond donors (Lipinski definition) is 0. The Bertz CT molecular complexity index is 1070. The number of aliphatic imine (C=N–C) groups is 1. The van der Waals surface area contributed by atoms with Crippen LogP contribution in [-0.2, 0) is 0 Å². The van der Waals surface area contributed by atoms with E-state index in [-0.39, 0.29) is 18.5 Å². The number of benzene rings is 2. The summed E-state index contributed by atoms with van der Waals surface area (Å²) in [7, 11) is 0. The number of nitriles is 1. The number of ketones is 1. The fourth-order valence-corrected chi connectivity index (χ4v) is 3.98. The normalized spacial score (nSPS) is 22.6. The minimum absolute atomic E-state index is 0.0465. The third kappa shape index (κ3) is 1.90. The Hall–Kier alpha value is -3.39. The van der Waals surface area contributed by atoms with Gasteiger partial charge in [0.2, 0.25) is 6.79 Å². The van der Waals surface area contributed by atoms with Crippen LogP contribution in [0.1, 0.15) is 34.3 Å². The van der Waals surface area contributed by atoms with Crippen LogP contribution in [0.3, 0.4) is 0 Å². The van der Waals surface area contributed by atoms with Gasteiger partial charge in [0.1, 0.15) is 0 Å². The van der Waals surface area contributed by atoms with Crippen LogP contribution in [-0.4, -0.2) is 18.3 Å². The Kier molecular flexibility index (Phi) is 3.04. The summed E-state index contributed by atoms with van der Waals surface area (Å²) in [5, 5.41) is 9.79. The lowest BCUT2D eigenvalue weighted by Gasteiger charge is -2.27. The summed E-state index contributed by atoms with van der Waals surface area (Å²) < 4.78 is 10.9. The zero-order chi connectivity index (χ0) is 17.8. The van der Waals surface area contributed by atoms with Gasteiger partial charge in [-0.2, -0.15) is 5.26 Å². The highest BCUT2D eigenvalue weighted by Gasteiger charge is 2.43. The molecule has 2 atom stereocenters. The molecule has 0 fully saturated rings. The summed E-state index contributed by atoms with van der Waals surface area (Å²) in [6.45, 7) is 2.03. The first kappa shape index (κ1) is 14.9. The quantitative estimate of drug-likeness (QED) is 0.792. The Balaban J connectivity index is 1.72. The van der Waals surface area contributed by atoms with Crippen LogP contribution >= 0.6 is 0 Å². The van der Waals surface area contributed by atoms with E-state index in [2.05, 4.69) is 11.1 Å². The largest absolute Gasteiger partial charge is 0.454 e. The van der Waals surface area contributed by atoms with E-state index in [4.69, 9.17) is 9.47 Å². The Labute approximate surface area is 150 Å². The first-order valence-electron chi connectivity index (χ1n) is 8.41. The van der Waals surface area contributed by atoms with Gasteiger partial charge in [0, 0.05) is 28.3 Å². The van der Waals surface area contributed by atoms with Gasteiger partial charge < -0.3 is 9.47 Å². The van der Waals surface area contributed by atoms with Gasteiger partial charge in [0.25, 0.3) is 0 Å². The van der Waals surface area contributed by atoms with E-state index in [0.29, 0.717) is 28.3 Å². The van der Waals surface area contributed by atoms with E-state index >= 15 is 0 Å². The van der Waals surface area contributed by atoms with Crippen molar-refractivity contribution in [2.75, 3.05) is 6.79 Å². The minimum atomic E-state index is -0.493. The molecule has 0 spiro atoms. The van der Waals surface area contributed by atoms with Gasteiger partial charge in [-0.3, -0.25) is 9.79 Å². The predicted molar refractivity (Wildman–Crippen MR) is 95.2 cm³/mol. The smallest absolute Gasteiger partial charge is 0.231 e. The highest BCUT2D eigenvalue weighted by molar-refractivity contribution is 6.23. The molecule has 0 amide bonds. The molecule has 2 aromatic carbocycles. The van der Waals surface area contributed by atoms with Crippen molar-refractivity contribution < 1.29 is 14.3 Å². The maximum atomic E-state index is 13.1. The maximum absolute atomic E-state index is 13.1. The highest BCUT2D eigenvalue weighted by atomic mass is 16.7. The standard InChI is InChI=1S/C21H14N2O3/c1-11-15(9-22)18(12-6-7-16-17(8-12)26-10-25-16)19-20(23-11)13-4-2-3-5-14(13)21(19)24/h2-8,15,18H,10H2,1H3/t15?,18-/m1/s1. The van der Waals surface area contributed by atoms with Crippen LogP contribution < -0.4 is 9.47 Å². The van der Waals surface area contributed by atoms with E-state index in [9.17, 15) is 10.1 Å². The van der Waals surface area contributed by atoms with E-state index in [1.807, 2.05) is 49.4 Å². The number of nitrogens with zero attached hydrogens (tertiary/aromatic N) is 2. The summed E-state index contributed by atoms with van der Waals surface area (Å²) in [5.41, 5.74) is 4.37. The SMILES string of the molecule is CC1=NC2=C(C(=O)c3ccccc32)[C@H](c2ccc3c(c2)OCO3)C1C#N. The molecule has 0 saturated heterocycles. The molecule has 0 radical (unpaired) electrons. The molecular weight excluding hydrogens is 328 g/mol. The van der Waals surface area contributed by atoms with Crippen molar-refractivity contribution in [3.05, 3.63) is 64.7 Å². The average molecular weight is 342 g/mol. The molecule has 3 aliphatic rings. The molecule has 5 rings (SSSR count). The van der Waals surface area contributed by atoms with Gasteiger partial charge in [-0.25, -0.2) is 0 Å². The predicted octanol–water partition coefficient (Wildman–Crippen LogP) is 3.72. The Morgan fingerprint density at radius 2 is 1.88 bits per heavy atom. The number of ether oxygens (including phenoxy) is 2. The Morgan fingerprint density at radius 1 is 1.12 bits per heavy atom. The first-order valence-corrected chi connectivity index (χ1v) is 8.41. The van der Waals surface area contributed by atoms with Crippen molar-refractivity contribution in [3.8, 4) is 17.6 Å². The van der Waals surface area contributed by atoms with Crippen molar-refractivity contribution in [1.29, 1.82) is 5.26 Å². The molecular formula is C21H14N2O3. The monoisotopic (exact) mass is 342 g/mol. The van der Waals surface area contributed by atoms with Gasteiger partial charge in [-0.1, -0.05) is 30.3 Å². The summed E-state index contributed by atoms with van der Waals surface area (Å²) in [4.78, 5) is 17.8. The van der Waals surface area contributed by atoms with Gasteiger partial charge in [0.15, 0.2) is 17.3 Å². The zero-order valence-corrected chi connectivity index (χ0v) is 14.0. The van der Waals surface area contributed by atoms with Crippen LogP contribution in [0.4, 0.5) is 0 Å². The number of fused-ring (bicyclic) bond motifs is 3. The molecule has 126 valence electrons.